The fourth-order valence-electron chi connectivity index (χ4n) is 2.49. The van der Waals surface area contributed by atoms with Gasteiger partial charge in [-0.1, -0.05) is 6.07 Å². The van der Waals surface area contributed by atoms with Gasteiger partial charge in [0.1, 0.15) is 0 Å². The molecule has 1 aromatic carbocycles. The van der Waals surface area contributed by atoms with Gasteiger partial charge in [-0.05, 0) is 74.8 Å². The Kier molecular flexibility index (Phi) is 4.98. The number of benzene rings is 1. The second-order valence-corrected chi connectivity index (χ2v) is 6.04. The molecule has 3 N–H and O–H groups in total. The summed E-state index contributed by atoms with van der Waals surface area (Å²) in [6.07, 6.45) is 0. The van der Waals surface area contributed by atoms with Crippen LogP contribution in [0.2, 0.25) is 0 Å². The molecular weight excluding hydrogens is 294 g/mol. The molecule has 116 valence electrons. The fraction of sp³-hybridized carbons (Fsp3) is 0.294. The van der Waals surface area contributed by atoms with Crippen molar-refractivity contribution < 1.29 is 0 Å². The lowest BCUT2D eigenvalue weighted by Gasteiger charge is -2.13. The van der Waals surface area contributed by atoms with Gasteiger partial charge in [0.05, 0.1) is 0 Å². The molecule has 0 aliphatic heterocycles. The first kappa shape index (κ1) is 16.2. The van der Waals surface area contributed by atoms with Crippen LogP contribution in [-0.4, -0.2) is 10.1 Å². The molecule has 2 aromatic rings. The van der Waals surface area contributed by atoms with E-state index in [4.69, 9.17) is 12.2 Å². The van der Waals surface area contributed by atoms with Crippen molar-refractivity contribution in [3.63, 3.8) is 0 Å². The molecule has 4 nitrogen and oxygen atoms in total. The summed E-state index contributed by atoms with van der Waals surface area (Å²) in [4.78, 5) is 14.8. The minimum absolute atomic E-state index is 0.0702. The monoisotopic (exact) mass is 315 g/mol. The summed E-state index contributed by atoms with van der Waals surface area (Å²) < 4.78 is 0. The zero-order valence-electron chi connectivity index (χ0n) is 13.3. The molecule has 0 unspecified atom stereocenters. The number of H-pyrrole nitrogens is 1. The number of nitrogens with one attached hydrogen (secondary N) is 3. The highest BCUT2D eigenvalue weighted by atomic mass is 32.1. The number of hydrogen-bond donors (Lipinski definition) is 3. The lowest BCUT2D eigenvalue weighted by Crippen LogP contribution is -2.31. The number of anilines is 1. The molecule has 0 spiro atoms. The average Bonchev–Trinajstić information content (AvgIpc) is 2.35. The van der Waals surface area contributed by atoms with E-state index in [1.165, 1.54) is 11.1 Å². The average molecular weight is 315 g/mol. The molecule has 1 heterocycles. The summed E-state index contributed by atoms with van der Waals surface area (Å²) >= 11 is 5.30. The van der Waals surface area contributed by atoms with Gasteiger partial charge < -0.3 is 15.6 Å². The van der Waals surface area contributed by atoms with Crippen molar-refractivity contribution in [2.45, 2.75) is 34.2 Å². The number of thiocarbonyl (C=S) groups is 1. The van der Waals surface area contributed by atoms with E-state index in [1.807, 2.05) is 45.9 Å². The van der Waals surface area contributed by atoms with Crippen molar-refractivity contribution in [1.82, 2.24) is 10.3 Å². The summed E-state index contributed by atoms with van der Waals surface area (Å²) in [6, 6.07) is 8.13. The van der Waals surface area contributed by atoms with Crippen molar-refractivity contribution in [2.75, 3.05) is 5.32 Å². The van der Waals surface area contributed by atoms with Crippen molar-refractivity contribution in [2.24, 2.45) is 0 Å². The molecule has 5 heteroatoms. The van der Waals surface area contributed by atoms with Crippen molar-refractivity contribution in [3.8, 4) is 0 Å². The maximum absolute atomic E-state index is 12.0. The van der Waals surface area contributed by atoms with Crippen LogP contribution in [-0.2, 0) is 6.54 Å². The number of rotatable bonds is 3. The van der Waals surface area contributed by atoms with Crippen LogP contribution in [0.4, 0.5) is 5.69 Å². The molecule has 1 aromatic heterocycles. The van der Waals surface area contributed by atoms with Gasteiger partial charge in [-0.25, -0.2) is 0 Å². The molecule has 0 atom stereocenters. The van der Waals surface area contributed by atoms with Gasteiger partial charge in [0.15, 0.2) is 5.11 Å². The Labute approximate surface area is 136 Å². The highest BCUT2D eigenvalue weighted by molar-refractivity contribution is 7.80. The summed E-state index contributed by atoms with van der Waals surface area (Å²) in [5, 5.41) is 6.74. The molecule has 22 heavy (non-hydrogen) atoms. The molecule has 0 bridgehead atoms. The van der Waals surface area contributed by atoms with Crippen molar-refractivity contribution in [3.05, 3.63) is 62.6 Å². The van der Waals surface area contributed by atoms with Gasteiger partial charge in [0.2, 0.25) is 0 Å². The third-order valence-corrected chi connectivity index (χ3v) is 3.65. The molecule has 0 aliphatic carbocycles. The van der Waals surface area contributed by atoms with E-state index in [0.29, 0.717) is 17.2 Å². The standard InChI is InChI=1S/C17H21N3OS/c1-10-5-11(2)7-14(6-10)20-17(22)18-9-15-12(3)8-13(4)19-16(15)21/h5-8H,9H2,1-4H3,(H,19,21)(H2,18,20,22). The molecule has 0 amide bonds. The Hall–Kier alpha value is -2.14. The van der Waals surface area contributed by atoms with E-state index in [2.05, 4.69) is 21.7 Å². The zero-order chi connectivity index (χ0) is 16.3. The fourth-order valence-corrected chi connectivity index (χ4v) is 2.68. The second-order valence-electron chi connectivity index (χ2n) is 5.63. The van der Waals surface area contributed by atoms with Crippen LogP contribution in [0.5, 0.6) is 0 Å². The van der Waals surface area contributed by atoms with Gasteiger partial charge >= 0.3 is 0 Å². The van der Waals surface area contributed by atoms with Crippen LogP contribution >= 0.6 is 12.2 Å². The first-order chi connectivity index (χ1) is 10.3. The number of aromatic amines is 1. The molecule has 0 saturated heterocycles. The van der Waals surface area contributed by atoms with Gasteiger partial charge in [-0.15, -0.1) is 0 Å². The van der Waals surface area contributed by atoms with E-state index >= 15 is 0 Å². The smallest absolute Gasteiger partial charge is 0.253 e. The van der Waals surface area contributed by atoms with Gasteiger partial charge in [-0.3, -0.25) is 4.79 Å². The van der Waals surface area contributed by atoms with Crippen LogP contribution < -0.4 is 16.2 Å². The summed E-state index contributed by atoms with van der Waals surface area (Å²) in [7, 11) is 0. The van der Waals surface area contributed by atoms with Gasteiger partial charge in [-0.2, -0.15) is 0 Å². The van der Waals surface area contributed by atoms with Crippen molar-refractivity contribution >= 4 is 23.0 Å². The Bertz CT molecular complexity index is 745. The maximum atomic E-state index is 12.0. The molecule has 2 rings (SSSR count). The highest BCUT2D eigenvalue weighted by Crippen LogP contribution is 2.13. The van der Waals surface area contributed by atoms with Gasteiger partial charge in [0.25, 0.3) is 5.56 Å². The predicted molar refractivity (Wildman–Crippen MR) is 95.5 cm³/mol. The van der Waals surface area contributed by atoms with Crippen molar-refractivity contribution in [1.29, 1.82) is 0 Å². The number of aryl methyl sites for hydroxylation is 4. The largest absolute Gasteiger partial charge is 0.358 e. The SMILES string of the molecule is Cc1cc(C)cc(NC(=S)NCc2c(C)cc(C)[nH]c2=O)c1. The van der Waals surface area contributed by atoms with Crippen LogP contribution in [0, 0.1) is 27.7 Å². The molecule has 0 fully saturated rings. The molecule has 0 saturated carbocycles. The molecule has 0 aliphatic rings. The van der Waals surface area contributed by atoms with E-state index in [0.717, 1.165) is 16.9 Å². The van der Waals surface area contributed by atoms with E-state index < -0.39 is 0 Å². The highest BCUT2D eigenvalue weighted by Gasteiger charge is 2.06. The second kappa shape index (κ2) is 6.75. The minimum atomic E-state index is -0.0702. The Morgan fingerprint density at radius 3 is 2.32 bits per heavy atom. The number of hydrogen-bond acceptors (Lipinski definition) is 2. The first-order valence-corrected chi connectivity index (χ1v) is 7.58. The Morgan fingerprint density at radius 1 is 1.09 bits per heavy atom. The Morgan fingerprint density at radius 2 is 1.73 bits per heavy atom. The third-order valence-electron chi connectivity index (χ3n) is 3.40. The molecule has 0 radical (unpaired) electrons. The van der Waals surface area contributed by atoms with Crippen LogP contribution in [0.25, 0.3) is 0 Å². The number of aromatic nitrogens is 1. The van der Waals surface area contributed by atoms with E-state index in [9.17, 15) is 4.79 Å². The topological polar surface area (TPSA) is 56.9 Å². The number of pyridine rings is 1. The molecular formula is C17H21N3OS. The summed E-state index contributed by atoms with van der Waals surface area (Å²) in [5.74, 6) is 0. The van der Waals surface area contributed by atoms with Gasteiger partial charge in [0, 0.05) is 23.5 Å². The lowest BCUT2D eigenvalue weighted by molar-refractivity contribution is 0.884. The first-order valence-electron chi connectivity index (χ1n) is 7.17. The normalized spacial score (nSPS) is 10.4. The van der Waals surface area contributed by atoms with E-state index in [1.54, 1.807) is 0 Å². The Balaban J connectivity index is 2.03. The van der Waals surface area contributed by atoms with E-state index in [-0.39, 0.29) is 5.56 Å². The predicted octanol–water partition coefficient (Wildman–Crippen LogP) is 3.10. The minimum Gasteiger partial charge on any atom is -0.358 e. The lowest BCUT2D eigenvalue weighted by atomic mass is 10.1. The summed E-state index contributed by atoms with van der Waals surface area (Å²) in [6.45, 7) is 8.29. The van der Waals surface area contributed by atoms with Crippen LogP contribution in [0.3, 0.4) is 0 Å². The van der Waals surface area contributed by atoms with Crippen LogP contribution in [0.15, 0.2) is 29.1 Å². The van der Waals surface area contributed by atoms with Crippen LogP contribution in [0.1, 0.15) is 27.9 Å². The zero-order valence-corrected chi connectivity index (χ0v) is 14.1. The summed E-state index contributed by atoms with van der Waals surface area (Å²) in [5.41, 5.74) is 5.76. The quantitative estimate of drug-likeness (QED) is 0.762. The maximum Gasteiger partial charge on any atom is 0.253 e. The third kappa shape index (κ3) is 4.18.